The van der Waals surface area contributed by atoms with Crippen LogP contribution >= 0.6 is 0 Å². The van der Waals surface area contributed by atoms with Crippen LogP contribution in [-0.4, -0.2) is 36.3 Å². The van der Waals surface area contributed by atoms with Crippen LogP contribution in [0.1, 0.15) is 45.7 Å². The molecule has 0 aliphatic carbocycles. The summed E-state index contributed by atoms with van der Waals surface area (Å²) >= 11 is 0. The third-order valence-corrected chi connectivity index (χ3v) is 4.70. The van der Waals surface area contributed by atoms with Crippen LogP contribution in [0, 0.1) is 13.8 Å². The van der Waals surface area contributed by atoms with Gasteiger partial charge in [-0.25, -0.2) is 0 Å². The Morgan fingerprint density at radius 3 is 2.86 bits per heavy atom. The van der Waals surface area contributed by atoms with Gasteiger partial charge in [-0.3, -0.25) is 9.59 Å². The number of rotatable bonds is 8. The molecule has 0 spiro atoms. The van der Waals surface area contributed by atoms with E-state index >= 15 is 0 Å². The third-order valence-electron chi connectivity index (χ3n) is 4.70. The van der Waals surface area contributed by atoms with Crippen molar-refractivity contribution in [2.24, 2.45) is 0 Å². The molecule has 7 nitrogen and oxygen atoms in total. The summed E-state index contributed by atoms with van der Waals surface area (Å²) in [5.41, 5.74) is 2.79. The van der Waals surface area contributed by atoms with E-state index < -0.39 is 5.97 Å². The minimum absolute atomic E-state index is 0.107. The lowest BCUT2D eigenvalue weighted by atomic mass is 10.1. The normalized spacial score (nSPS) is 16.1. The first-order valence-electron chi connectivity index (χ1n) is 9.35. The van der Waals surface area contributed by atoms with Gasteiger partial charge in [-0.2, -0.15) is 0 Å². The molecule has 150 valence electrons. The fourth-order valence-electron chi connectivity index (χ4n) is 3.23. The molecule has 0 bridgehead atoms. The molecule has 2 N–H and O–H groups in total. The molecule has 1 saturated heterocycles. The molecule has 1 aliphatic rings. The number of furan rings is 1. The summed E-state index contributed by atoms with van der Waals surface area (Å²) in [5, 5.41) is 11.8. The molecule has 7 heteroatoms. The zero-order valence-corrected chi connectivity index (χ0v) is 16.1. The van der Waals surface area contributed by atoms with Gasteiger partial charge in [0.2, 0.25) is 0 Å². The molecule has 1 fully saturated rings. The number of nitrogens with one attached hydrogen (secondary N) is 1. The molecular formula is C21H25NO6. The Kier molecular flexibility index (Phi) is 6.36. The van der Waals surface area contributed by atoms with Gasteiger partial charge in [-0.1, -0.05) is 12.1 Å². The highest BCUT2D eigenvalue weighted by Crippen LogP contribution is 2.23. The topological polar surface area (TPSA) is 98.0 Å². The van der Waals surface area contributed by atoms with Crippen molar-refractivity contribution in [1.29, 1.82) is 0 Å². The van der Waals surface area contributed by atoms with Crippen LogP contribution in [-0.2, 0) is 22.5 Å². The molecule has 2 heterocycles. The van der Waals surface area contributed by atoms with Crippen molar-refractivity contribution < 1.29 is 28.6 Å². The Hall–Kier alpha value is -2.80. The summed E-state index contributed by atoms with van der Waals surface area (Å²) in [6, 6.07) is 5.82. The first-order valence-corrected chi connectivity index (χ1v) is 9.35. The molecule has 1 unspecified atom stereocenters. The number of aryl methyl sites for hydroxylation is 2. The number of ether oxygens (including phenoxy) is 2. The number of carbonyl (C=O) groups is 2. The number of amides is 1. The van der Waals surface area contributed by atoms with Crippen LogP contribution in [0.25, 0.3) is 0 Å². The van der Waals surface area contributed by atoms with E-state index in [0.29, 0.717) is 17.9 Å². The van der Waals surface area contributed by atoms with Gasteiger partial charge in [0.25, 0.3) is 5.91 Å². The lowest BCUT2D eigenvalue weighted by molar-refractivity contribution is -0.136. The molecule has 28 heavy (non-hydrogen) atoms. The predicted molar refractivity (Wildman–Crippen MR) is 102 cm³/mol. The average Bonchev–Trinajstić information content (AvgIpc) is 3.28. The van der Waals surface area contributed by atoms with E-state index in [2.05, 4.69) is 5.32 Å². The first kappa shape index (κ1) is 19.9. The molecule has 1 aliphatic heterocycles. The Morgan fingerprint density at radius 1 is 1.32 bits per heavy atom. The van der Waals surface area contributed by atoms with Gasteiger partial charge in [-0.05, 0) is 38.3 Å². The fourth-order valence-corrected chi connectivity index (χ4v) is 3.23. The highest BCUT2D eigenvalue weighted by Gasteiger charge is 2.21. The van der Waals surface area contributed by atoms with Crippen LogP contribution in [0.2, 0.25) is 0 Å². The maximum absolute atomic E-state index is 12.6. The van der Waals surface area contributed by atoms with Gasteiger partial charge < -0.3 is 24.3 Å². The van der Waals surface area contributed by atoms with Crippen molar-refractivity contribution in [1.82, 2.24) is 5.32 Å². The van der Waals surface area contributed by atoms with Crippen LogP contribution in [0.15, 0.2) is 28.9 Å². The van der Waals surface area contributed by atoms with Crippen LogP contribution < -0.4 is 10.1 Å². The summed E-state index contributed by atoms with van der Waals surface area (Å²) in [6.45, 7) is 5.21. The number of benzene rings is 1. The van der Waals surface area contributed by atoms with Gasteiger partial charge in [0.15, 0.2) is 0 Å². The van der Waals surface area contributed by atoms with Gasteiger partial charge in [-0.15, -0.1) is 0 Å². The monoisotopic (exact) mass is 387 g/mol. The fraction of sp³-hybridized carbons (Fsp3) is 0.429. The second kappa shape index (κ2) is 8.93. The lowest BCUT2D eigenvalue weighted by Crippen LogP contribution is -2.25. The van der Waals surface area contributed by atoms with E-state index in [4.69, 9.17) is 19.0 Å². The highest BCUT2D eigenvalue weighted by atomic mass is 16.5. The predicted octanol–water partition coefficient (Wildman–Crippen LogP) is 3.01. The summed E-state index contributed by atoms with van der Waals surface area (Å²) < 4.78 is 16.8. The maximum atomic E-state index is 12.6. The molecular weight excluding hydrogens is 362 g/mol. The van der Waals surface area contributed by atoms with Crippen molar-refractivity contribution in [3.05, 3.63) is 52.5 Å². The largest absolute Gasteiger partial charge is 0.491 e. The summed E-state index contributed by atoms with van der Waals surface area (Å²) in [6.07, 6.45) is 3.21. The van der Waals surface area contributed by atoms with Crippen LogP contribution in [0.4, 0.5) is 0 Å². The van der Waals surface area contributed by atoms with Crippen LogP contribution in [0.5, 0.6) is 5.75 Å². The summed E-state index contributed by atoms with van der Waals surface area (Å²) in [5.74, 6) is -0.549. The molecule has 2 aromatic rings. The van der Waals surface area contributed by atoms with Gasteiger partial charge in [0.1, 0.15) is 24.5 Å². The highest BCUT2D eigenvalue weighted by molar-refractivity contribution is 5.97. The van der Waals surface area contributed by atoms with E-state index in [1.165, 1.54) is 6.26 Å². The molecule has 3 rings (SSSR count). The number of carboxylic acid groups (broad SMARTS) is 1. The standard InChI is InChI=1S/C21H25NO6/c1-13-5-6-15(17(8-13)28-12-16-4-3-7-26-16)10-22-21(25)20-14(2)11-27-18(20)9-19(23)24/h5-6,8,11,16H,3-4,7,9-10,12H2,1-2H3,(H,22,25)(H,23,24). The molecule has 1 aromatic carbocycles. The number of carboxylic acids is 1. The average molecular weight is 387 g/mol. The third kappa shape index (κ3) is 4.92. The molecule has 0 saturated carbocycles. The zero-order chi connectivity index (χ0) is 20.1. The van der Waals surface area contributed by atoms with E-state index in [1.54, 1.807) is 6.92 Å². The van der Waals surface area contributed by atoms with Crippen molar-refractivity contribution >= 4 is 11.9 Å². The second-order valence-corrected chi connectivity index (χ2v) is 7.03. The molecule has 1 aromatic heterocycles. The summed E-state index contributed by atoms with van der Waals surface area (Å²) in [4.78, 5) is 23.6. The van der Waals surface area contributed by atoms with Crippen LogP contribution in [0.3, 0.4) is 0 Å². The van der Waals surface area contributed by atoms with Gasteiger partial charge in [0, 0.05) is 24.3 Å². The number of carbonyl (C=O) groups excluding carboxylic acids is 1. The SMILES string of the molecule is Cc1ccc(CNC(=O)c2c(C)coc2CC(=O)O)c(OCC2CCCO2)c1. The Morgan fingerprint density at radius 2 is 2.14 bits per heavy atom. The van der Waals surface area contributed by atoms with Crippen molar-refractivity contribution in [3.63, 3.8) is 0 Å². The van der Waals surface area contributed by atoms with Gasteiger partial charge >= 0.3 is 5.97 Å². The van der Waals surface area contributed by atoms with Crippen molar-refractivity contribution in [2.45, 2.75) is 45.8 Å². The van der Waals surface area contributed by atoms with E-state index in [-0.39, 0.29) is 36.3 Å². The van der Waals surface area contributed by atoms with E-state index in [0.717, 1.165) is 30.6 Å². The zero-order valence-electron chi connectivity index (χ0n) is 16.1. The Balaban J connectivity index is 1.67. The maximum Gasteiger partial charge on any atom is 0.311 e. The number of hydrogen-bond donors (Lipinski definition) is 2. The quantitative estimate of drug-likeness (QED) is 0.723. The smallest absolute Gasteiger partial charge is 0.311 e. The van der Waals surface area contributed by atoms with Gasteiger partial charge in [0.05, 0.1) is 17.9 Å². The Labute approximate surface area is 163 Å². The first-order chi connectivity index (χ1) is 13.4. The number of hydrogen-bond acceptors (Lipinski definition) is 5. The minimum atomic E-state index is -1.05. The molecule has 1 amide bonds. The van der Waals surface area contributed by atoms with E-state index in [9.17, 15) is 9.59 Å². The molecule has 1 atom stereocenters. The summed E-state index contributed by atoms with van der Waals surface area (Å²) in [7, 11) is 0. The molecule has 0 radical (unpaired) electrons. The van der Waals surface area contributed by atoms with Crippen molar-refractivity contribution in [2.75, 3.05) is 13.2 Å². The van der Waals surface area contributed by atoms with Crippen molar-refractivity contribution in [3.8, 4) is 5.75 Å². The minimum Gasteiger partial charge on any atom is -0.491 e. The van der Waals surface area contributed by atoms with E-state index in [1.807, 2.05) is 25.1 Å². The lowest BCUT2D eigenvalue weighted by Gasteiger charge is -2.16. The number of aliphatic carboxylic acids is 1. The second-order valence-electron chi connectivity index (χ2n) is 7.03. The Bertz CT molecular complexity index is 851.